The van der Waals surface area contributed by atoms with Crippen molar-refractivity contribution < 1.29 is 5.11 Å². The molecule has 1 unspecified atom stereocenters. The smallest absolute Gasteiger partial charge is 0.193 e. The van der Waals surface area contributed by atoms with E-state index in [-0.39, 0.29) is 24.0 Å². The fraction of sp³-hybridized carbons (Fsp3) is 0.381. The predicted molar refractivity (Wildman–Crippen MR) is 124 cm³/mol. The molecule has 1 saturated heterocycles. The molecule has 3 rings (SSSR count). The highest BCUT2D eigenvalue weighted by Crippen LogP contribution is 2.27. The number of piperazine rings is 1. The normalized spacial score (nSPS) is 15.9. The lowest BCUT2D eigenvalue weighted by Crippen LogP contribution is -2.53. The molecule has 0 radical (unpaired) electrons. The Hall–Kier alpha value is -1.96. The summed E-state index contributed by atoms with van der Waals surface area (Å²) in [5.41, 5.74) is 2.24. The average Bonchev–Trinajstić information content (AvgIpc) is 2.70. The second-order valence-corrected chi connectivity index (χ2v) is 6.70. The number of benzene rings is 2. The first-order valence-electron chi connectivity index (χ1n) is 9.22. The number of guanidine groups is 1. The summed E-state index contributed by atoms with van der Waals surface area (Å²) < 4.78 is 0. The van der Waals surface area contributed by atoms with Crippen LogP contribution in [0.5, 0.6) is 5.75 Å². The third kappa shape index (κ3) is 5.51. The van der Waals surface area contributed by atoms with Crippen LogP contribution < -0.4 is 10.2 Å². The monoisotopic (exact) mass is 480 g/mol. The highest BCUT2D eigenvalue weighted by atomic mass is 127. The molecule has 2 N–H and O–H groups in total. The van der Waals surface area contributed by atoms with Crippen molar-refractivity contribution in [3.63, 3.8) is 0 Å². The van der Waals surface area contributed by atoms with Crippen LogP contribution in [-0.4, -0.2) is 55.7 Å². The summed E-state index contributed by atoms with van der Waals surface area (Å²) in [6.07, 6.45) is 0. The van der Waals surface area contributed by atoms with Gasteiger partial charge in [-0.3, -0.25) is 4.99 Å². The lowest BCUT2D eigenvalue weighted by atomic mass is 10.0. The summed E-state index contributed by atoms with van der Waals surface area (Å²) in [6.45, 7) is 6.59. The topological polar surface area (TPSA) is 51.1 Å². The number of anilines is 1. The molecule has 2 aromatic rings. The van der Waals surface area contributed by atoms with E-state index < -0.39 is 0 Å². The summed E-state index contributed by atoms with van der Waals surface area (Å²) in [6, 6.07) is 18.1. The molecule has 2 aromatic carbocycles. The van der Waals surface area contributed by atoms with Gasteiger partial charge in [0.25, 0.3) is 0 Å². The van der Waals surface area contributed by atoms with Gasteiger partial charge >= 0.3 is 0 Å². The van der Waals surface area contributed by atoms with E-state index in [9.17, 15) is 5.11 Å². The van der Waals surface area contributed by atoms with E-state index in [0.717, 1.165) is 44.4 Å². The largest absolute Gasteiger partial charge is 0.506 e. The van der Waals surface area contributed by atoms with Crippen LogP contribution in [0.1, 0.15) is 18.4 Å². The molecule has 0 amide bonds. The second kappa shape index (κ2) is 10.4. The van der Waals surface area contributed by atoms with Crippen molar-refractivity contribution in [2.45, 2.75) is 12.8 Å². The summed E-state index contributed by atoms with van der Waals surface area (Å²) in [7, 11) is 1.84. The fourth-order valence-electron chi connectivity index (χ4n) is 3.37. The Bertz CT molecular complexity index is 730. The van der Waals surface area contributed by atoms with Gasteiger partial charge in [0.1, 0.15) is 5.75 Å². The number of rotatable bonds is 4. The molecular formula is C21H29IN4O. The number of halogens is 1. The summed E-state index contributed by atoms with van der Waals surface area (Å²) in [5.74, 6) is 1.72. The third-order valence-electron chi connectivity index (χ3n) is 4.95. The third-order valence-corrected chi connectivity index (χ3v) is 4.95. The average molecular weight is 480 g/mol. The van der Waals surface area contributed by atoms with E-state index in [0.29, 0.717) is 11.7 Å². The standard InChI is InChI=1S/C21H28N4O.HI/c1-17(18-8-4-3-5-9-18)16-23-21(22-2)25-14-12-24(13-15-25)19-10-6-7-11-20(19)26;/h3-11,17,26H,12-16H2,1-2H3,(H,22,23);1H. The van der Waals surface area contributed by atoms with Crippen molar-refractivity contribution >= 4 is 35.6 Å². The minimum atomic E-state index is 0. The maximum absolute atomic E-state index is 10.0. The Morgan fingerprint density at radius 2 is 1.67 bits per heavy atom. The number of nitrogens with zero attached hydrogens (tertiary/aromatic N) is 3. The number of aromatic hydroxyl groups is 1. The van der Waals surface area contributed by atoms with Gasteiger partial charge in [-0.2, -0.15) is 0 Å². The molecule has 0 aliphatic carbocycles. The van der Waals surface area contributed by atoms with Gasteiger partial charge in [0, 0.05) is 39.8 Å². The maximum Gasteiger partial charge on any atom is 0.193 e. The van der Waals surface area contributed by atoms with Crippen molar-refractivity contribution in [2.75, 3.05) is 44.7 Å². The van der Waals surface area contributed by atoms with E-state index in [4.69, 9.17) is 0 Å². The van der Waals surface area contributed by atoms with Gasteiger partial charge in [0.05, 0.1) is 5.69 Å². The highest BCUT2D eigenvalue weighted by molar-refractivity contribution is 14.0. The highest BCUT2D eigenvalue weighted by Gasteiger charge is 2.21. The quantitative estimate of drug-likeness (QED) is 0.400. The number of phenolic OH excluding ortho intramolecular Hbond substituents is 1. The molecule has 0 saturated carbocycles. The van der Waals surface area contributed by atoms with Crippen LogP contribution >= 0.6 is 24.0 Å². The number of hydrogen-bond acceptors (Lipinski definition) is 3. The van der Waals surface area contributed by atoms with Gasteiger partial charge in [-0.05, 0) is 23.6 Å². The van der Waals surface area contributed by atoms with Crippen molar-refractivity contribution in [3.8, 4) is 5.75 Å². The van der Waals surface area contributed by atoms with Gasteiger partial charge in [-0.15, -0.1) is 24.0 Å². The first-order valence-corrected chi connectivity index (χ1v) is 9.22. The molecule has 0 bridgehead atoms. The Kier molecular flexibility index (Phi) is 8.22. The van der Waals surface area contributed by atoms with Gasteiger partial charge in [0.15, 0.2) is 5.96 Å². The molecule has 1 aliphatic heterocycles. The van der Waals surface area contributed by atoms with Crippen LogP contribution in [0.25, 0.3) is 0 Å². The van der Waals surface area contributed by atoms with E-state index in [1.165, 1.54) is 5.56 Å². The molecule has 6 heteroatoms. The second-order valence-electron chi connectivity index (χ2n) is 6.70. The lowest BCUT2D eigenvalue weighted by Gasteiger charge is -2.38. The molecule has 1 heterocycles. The van der Waals surface area contributed by atoms with Crippen LogP contribution in [0.2, 0.25) is 0 Å². The van der Waals surface area contributed by atoms with Crippen molar-refractivity contribution in [3.05, 3.63) is 60.2 Å². The van der Waals surface area contributed by atoms with Gasteiger partial charge in [-0.25, -0.2) is 0 Å². The van der Waals surface area contributed by atoms with E-state index in [1.54, 1.807) is 6.07 Å². The molecule has 5 nitrogen and oxygen atoms in total. The Morgan fingerprint density at radius 1 is 1.04 bits per heavy atom. The zero-order chi connectivity index (χ0) is 18.4. The number of phenols is 1. The first kappa shape index (κ1) is 21.3. The van der Waals surface area contributed by atoms with Gasteiger partial charge < -0.3 is 20.2 Å². The summed E-state index contributed by atoms with van der Waals surface area (Å²) >= 11 is 0. The first-order chi connectivity index (χ1) is 12.7. The molecule has 1 atom stereocenters. The van der Waals surface area contributed by atoms with Crippen LogP contribution in [-0.2, 0) is 0 Å². The molecule has 1 aliphatic rings. The SMILES string of the molecule is CN=C(NCC(C)c1ccccc1)N1CCN(c2ccccc2O)CC1.I. The maximum atomic E-state index is 10.0. The minimum Gasteiger partial charge on any atom is -0.506 e. The van der Waals surface area contributed by atoms with Crippen LogP contribution in [0.4, 0.5) is 5.69 Å². The van der Waals surface area contributed by atoms with E-state index >= 15 is 0 Å². The van der Waals surface area contributed by atoms with Crippen LogP contribution in [0.3, 0.4) is 0 Å². The van der Waals surface area contributed by atoms with Gasteiger partial charge in [0.2, 0.25) is 0 Å². The predicted octanol–water partition coefficient (Wildman–Crippen LogP) is 3.51. The Labute approximate surface area is 179 Å². The Morgan fingerprint density at radius 3 is 2.30 bits per heavy atom. The van der Waals surface area contributed by atoms with E-state index in [2.05, 4.69) is 51.3 Å². The summed E-state index contributed by atoms with van der Waals surface area (Å²) in [5, 5.41) is 13.6. The number of hydrogen-bond donors (Lipinski definition) is 2. The fourth-order valence-corrected chi connectivity index (χ4v) is 3.37. The zero-order valence-electron chi connectivity index (χ0n) is 16.0. The van der Waals surface area contributed by atoms with Crippen molar-refractivity contribution in [2.24, 2.45) is 4.99 Å². The van der Waals surface area contributed by atoms with Crippen molar-refractivity contribution in [1.29, 1.82) is 0 Å². The minimum absolute atomic E-state index is 0. The van der Waals surface area contributed by atoms with Crippen LogP contribution in [0, 0.1) is 0 Å². The zero-order valence-corrected chi connectivity index (χ0v) is 18.3. The number of aliphatic imine (C=N–C) groups is 1. The Balaban J connectivity index is 0.00000261. The molecule has 1 fully saturated rings. The molecular weight excluding hydrogens is 451 g/mol. The van der Waals surface area contributed by atoms with Crippen molar-refractivity contribution in [1.82, 2.24) is 10.2 Å². The molecule has 0 aromatic heterocycles. The summed E-state index contributed by atoms with van der Waals surface area (Å²) in [4.78, 5) is 8.97. The van der Waals surface area contributed by atoms with Crippen LogP contribution in [0.15, 0.2) is 59.6 Å². The lowest BCUT2D eigenvalue weighted by molar-refractivity contribution is 0.369. The molecule has 146 valence electrons. The number of para-hydroxylation sites is 2. The number of nitrogens with one attached hydrogen (secondary N) is 1. The van der Waals surface area contributed by atoms with E-state index in [1.807, 2.05) is 31.3 Å². The molecule has 27 heavy (non-hydrogen) atoms. The van der Waals surface area contributed by atoms with Gasteiger partial charge in [-0.1, -0.05) is 49.4 Å². The molecule has 0 spiro atoms.